The van der Waals surface area contributed by atoms with Crippen LogP contribution in [0.2, 0.25) is 0 Å². The molecule has 1 atom stereocenters. The van der Waals surface area contributed by atoms with E-state index in [2.05, 4.69) is 4.98 Å². The lowest BCUT2D eigenvalue weighted by Crippen LogP contribution is -2.36. The highest BCUT2D eigenvalue weighted by Crippen LogP contribution is 2.21. The number of aliphatic carboxylic acids is 1. The summed E-state index contributed by atoms with van der Waals surface area (Å²) in [4.78, 5) is 13.4. The number of nitrogens with two attached hydrogens (primary N) is 1. The number of hydrogen-bond acceptors (Lipinski definition) is 3. The molecular weight excluding hydrogens is 200 g/mol. The molecule has 14 heavy (non-hydrogen) atoms. The van der Waals surface area contributed by atoms with E-state index in [1.165, 1.54) is 0 Å². The lowest BCUT2D eigenvalue weighted by molar-refractivity contribution is -0.138. The molecular formula is C9H12N2O2S. The van der Waals surface area contributed by atoms with Gasteiger partial charge in [-0.05, 0) is 13.0 Å². The Morgan fingerprint density at radius 2 is 2.43 bits per heavy atom. The Hall–Kier alpha value is -1.20. The van der Waals surface area contributed by atoms with Crippen LogP contribution in [0.3, 0.4) is 0 Å². The van der Waals surface area contributed by atoms with Gasteiger partial charge in [0.25, 0.3) is 0 Å². The summed E-state index contributed by atoms with van der Waals surface area (Å²) in [5, 5.41) is 8.68. The van der Waals surface area contributed by atoms with E-state index in [0.29, 0.717) is 10.2 Å². The fourth-order valence-electron chi connectivity index (χ4n) is 1.28. The number of carbonyl (C=O) groups is 1. The summed E-state index contributed by atoms with van der Waals surface area (Å²) in [5.41, 5.74) is 5.59. The molecule has 0 aliphatic rings. The van der Waals surface area contributed by atoms with Crippen molar-refractivity contribution in [2.75, 3.05) is 0 Å². The van der Waals surface area contributed by atoms with Crippen LogP contribution < -0.4 is 5.73 Å². The summed E-state index contributed by atoms with van der Waals surface area (Å²) < 4.78 is 0.485. The maximum absolute atomic E-state index is 10.6. The highest BCUT2D eigenvalue weighted by atomic mass is 32.1. The minimum Gasteiger partial charge on any atom is -0.481 e. The number of carboxylic acids is 1. The average Bonchev–Trinajstić information content (AvgIpc) is 2.02. The number of pyridine rings is 1. The zero-order valence-corrected chi connectivity index (χ0v) is 8.60. The van der Waals surface area contributed by atoms with Crippen molar-refractivity contribution < 1.29 is 9.90 Å². The Labute approximate surface area is 86.8 Å². The van der Waals surface area contributed by atoms with E-state index in [9.17, 15) is 4.79 Å². The maximum Gasteiger partial charge on any atom is 0.305 e. The van der Waals surface area contributed by atoms with Gasteiger partial charge < -0.3 is 15.8 Å². The van der Waals surface area contributed by atoms with Crippen LogP contribution in [-0.4, -0.2) is 16.1 Å². The molecule has 0 amide bonds. The highest BCUT2D eigenvalue weighted by molar-refractivity contribution is 7.71. The Kier molecular flexibility index (Phi) is 3.03. The number of aromatic amines is 1. The van der Waals surface area contributed by atoms with Gasteiger partial charge in [0, 0.05) is 11.8 Å². The summed E-state index contributed by atoms with van der Waals surface area (Å²) in [6.45, 7) is 1.65. The van der Waals surface area contributed by atoms with E-state index in [4.69, 9.17) is 23.1 Å². The second-order valence-corrected chi connectivity index (χ2v) is 3.81. The minimum absolute atomic E-state index is 0.144. The van der Waals surface area contributed by atoms with E-state index < -0.39 is 11.5 Å². The molecule has 0 saturated carbocycles. The zero-order chi connectivity index (χ0) is 10.8. The molecule has 76 valence electrons. The molecule has 4 N–H and O–H groups in total. The van der Waals surface area contributed by atoms with Gasteiger partial charge in [-0.15, -0.1) is 0 Å². The first-order valence-corrected chi connectivity index (χ1v) is 4.53. The van der Waals surface area contributed by atoms with Gasteiger partial charge in [0.1, 0.15) is 4.64 Å². The van der Waals surface area contributed by atoms with Crippen LogP contribution in [0.25, 0.3) is 0 Å². The number of aromatic nitrogens is 1. The average molecular weight is 212 g/mol. The first kappa shape index (κ1) is 10.9. The third-order valence-corrected chi connectivity index (χ3v) is 2.29. The number of rotatable bonds is 3. The van der Waals surface area contributed by atoms with Gasteiger partial charge in [0.2, 0.25) is 0 Å². The van der Waals surface area contributed by atoms with Crippen molar-refractivity contribution in [1.29, 1.82) is 0 Å². The van der Waals surface area contributed by atoms with Gasteiger partial charge >= 0.3 is 5.97 Å². The van der Waals surface area contributed by atoms with E-state index >= 15 is 0 Å². The van der Waals surface area contributed by atoms with Crippen LogP contribution in [0.5, 0.6) is 0 Å². The molecule has 0 aliphatic carbocycles. The summed E-state index contributed by atoms with van der Waals surface area (Å²) in [5.74, 6) is -0.937. The molecule has 0 bridgehead atoms. The van der Waals surface area contributed by atoms with Crippen LogP contribution in [0, 0.1) is 4.64 Å². The lowest BCUT2D eigenvalue weighted by atomic mass is 9.91. The second-order valence-electron chi connectivity index (χ2n) is 3.40. The van der Waals surface area contributed by atoms with E-state index in [1.807, 2.05) is 0 Å². The van der Waals surface area contributed by atoms with Crippen molar-refractivity contribution in [3.8, 4) is 0 Å². The Morgan fingerprint density at radius 1 is 1.79 bits per heavy atom. The molecule has 1 aromatic rings. The molecule has 0 spiro atoms. The first-order chi connectivity index (χ1) is 6.43. The molecule has 1 unspecified atom stereocenters. The fourth-order valence-corrected chi connectivity index (χ4v) is 1.65. The molecule has 4 nitrogen and oxygen atoms in total. The van der Waals surface area contributed by atoms with Crippen molar-refractivity contribution in [3.05, 3.63) is 28.5 Å². The van der Waals surface area contributed by atoms with Crippen molar-refractivity contribution in [2.45, 2.75) is 18.9 Å². The third-order valence-electron chi connectivity index (χ3n) is 1.95. The molecule has 0 radical (unpaired) electrons. The fraction of sp³-hybridized carbons (Fsp3) is 0.333. The van der Waals surface area contributed by atoms with Gasteiger partial charge in [-0.25, -0.2) is 0 Å². The predicted molar refractivity (Wildman–Crippen MR) is 55.4 cm³/mol. The molecule has 0 saturated heterocycles. The molecule has 1 aromatic heterocycles. The van der Waals surface area contributed by atoms with Gasteiger partial charge in [-0.3, -0.25) is 4.79 Å². The Bertz CT molecular complexity index is 398. The molecule has 0 fully saturated rings. The molecule has 1 rings (SSSR count). The number of hydrogen-bond donors (Lipinski definition) is 3. The highest BCUT2D eigenvalue weighted by Gasteiger charge is 2.25. The van der Waals surface area contributed by atoms with Gasteiger partial charge in [0.15, 0.2) is 0 Å². The summed E-state index contributed by atoms with van der Waals surface area (Å²) in [6.07, 6.45) is 1.54. The van der Waals surface area contributed by atoms with E-state index in [1.54, 1.807) is 25.3 Å². The van der Waals surface area contributed by atoms with E-state index in [-0.39, 0.29) is 6.42 Å². The summed E-state index contributed by atoms with van der Waals surface area (Å²) in [6, 6.07) is 3.49. The molecule has 1 heterocycles. The molecule has 5 heteroatoms. The van der Waals surface area contributed by atoms with Gasteiger partial charge in [0.05, 0.1) is 12.0 Å². The second kappa shape index (κ2) is 3.89. The number of carboxylic acid groups (broad SMARTS) is 1. The van der Waals surface area contributed by atoms with Crippen LogP contribution in [0.15, 0.2) is 18.3 Å². The SMILES string of the molecule is CC(N)(CC(=O)O)c1ccc[nH]c1=S. The zero-order valence-electron chi connectivity index (χ0n) is 7.78. The van der Waals surface area contributed by atoms with Crippen LogP contribution >= 0.6 is 12.2 Å². The van der Waals surface area contributed by atoms with Crippen molar-refractivity contribution in [3.63, 3.8) is 0 Å². The lowest BCUT2D eigenvalue weighted by Gasteiger charge is -2.22. The molecule has 0 aliphatic heterocycles. The third kappa shape index (κ3) is 2.40. The standard InChI is InChI=1S/C9H12N2O2S/c1-9(10,5-7(12)13)6-3-2-4-11-8(6)14/h2-4H,5,10H2,1H3,(H,11,14)(H,12,13). The van der Waals surface area contributed by atoms with Crippen LogP contribution in [0.1, 0.15) is 18.9 Å². The first-order valence-electron chi connectivity index (χ1n) is 4.12. The summed E-state index contributed by atoms with van der Waals surface area (Å²) >= 11 is 5.02. The maximum atomic E-state index is 10.6. The minimum atomic E-state index is -0.937. The number of H-pyrrole nitrogens is 1. The van der Waals surface area contributed by atoms with Gasteiger partial charge in [-0.2, -0.15) is 0 Å². The number of nitrogens with one attached hydrogen (secondary N) is 1. The van der Waals surface area contributed by atoms with Crippen molar-refractivity contribution in [2.24, 2.45) is 5.73 Å². The quantitative estimate of drug-likeness (QED) is 0.661. The molecule has 0 aromatic carbocycles. The smallest absolute Gasteiger partial charge is 0.305 e. The largest absolute Gasteiger partial charge is 0.481 e. The normalized spacial score (nSPS) is 14.7. The topological polar surface area (TPSA) is 79.1 Å². The monoisotopic (exact) mass is 212 g/mol. The predicted octanol–water partition coefficient (Wildman–Crippen LogP) is 1.39. The summed E-state index contributed by atoms with van der Waals surface area (Å²) in [7, 11) is 0. The van der Waals surface area contributed by atoms with Gasteiger partial charge in [-0.1, -0.05) is 18.3 Å². The van der Waals surface area contributed by atoms with Crippen LogP contribution in [0.4, 0.5) is 0 Å². The Balaban J connectivity index is 3.09. The van der Waals surface area contributed by atoms with Crippen LogP contribution in [-0.2, 0) is 10.3 Å². The van der Waals surface area contributed by atoms with Crippen molar-refractivity contribution >= 4 is 18.2 Å². The van der Waals surface area contributed by atoms with E-state index in [0.717, 1.165) is 0 Å². The van der Waals surface area contributed by atoms with Crippen molar-refractivity contribution in [1.82, 2.24) is 4.98 Å². The Morgan fingerprint density at radius 3 is 2.93 bits per heavy atom.